The summed E-state index contributed by atoms with van der Waals surface area (Å²) in [7, 11) is -3.78. The van der Waals surface area contributed by atoms with Crippen molar-refractivity contribution < 1.29 is 18.4 Å². The number of anilines is 1. The number of aliphatic hydroxyl groups excluding tert-OH is 1. The molecule has 0 saturated heterocycles. The summed E-state index contributed by atoms with van der Waals surface area (Å²) in [6.07, 6.45) is -0.187. The Morgan fingerprint density at radius 3 is 2.52 bits per heavy atom. The van der Waals surface area contributed by atoms with E-state index >= 15 is 0 Å². The first-order chi connectivity index (χ1) is 11.6. The quantitative estimate of drug-likeness (QED) is 0.563. The molecule has 0 amide bonds. The van der Waals surface area contributed by atoms with E-state index in [1.54, 1.807) is 12.1 Å². The molecule has 0 aliphatic heterocycles. The molecule has 0 saturated carbocycles. The van der Waals surface area contributed by atoms with Gasteiger partial charge in [0.05, 0.1) is 11.0 Å². The summed E-state index contributed by atoms with van der Waals surface area (Å²) in [5.41, 5.74) is -0.197. The molecule has 0 spiro atoms. The minimum atomic E-state index is -3.78. The van der Waals surface area contributed by atoms with Gasteiger partial charge in [0, 0.05) is 28.4 Å². The van der Waals surface area contributed by atoms with E-state index in [9.17, 15) is 23.6 Å². The molecule has 0 radical (unpaired) electrons. The number of sulfone groups is 1. The molecule has 7 nitrogen and oxygen atoms in total. The Morgan fingerprint density at radius 1 is 1.28 bits per heavy atom. The number of aliphatic hydroxyl groups is 1. The molecule has 1 unspecified atom stereocenters. The van der Waals surface area contributed by atoms with Gasteiger partial charge in [-0.05, 0) is 24.3 Å². The zero-order valence-corrected chi connectivity index (χ0v) is 15.3. The average Bonchev–Trinajstić information content (AvgIpc) is 2.51. The van der Waals surface area contributed by atoms with Crippen molar-refractivity contribution in [3.63, 3.8) is 0 Å². The van der Waals surface area contributed by atoms with Gasteiger partial charge in [-0.15, -0.1) is 0 Å². The van der Waals surface area contributed by atoms with Crippen LogP contribution in [0.5, 0.6) is 0 Å². The zero-order valence-electron chi connectivity index (χ0n) is 12.9. The van der Waals surface area contributed by atoms with E-state index in [0.29, 0.717) is 10.6 Å². The smallest absolute Gasteiger partial charge is 0.310 e. The minimum Gasteiger partial charge on any atom is -0.387 e. The Morgan fingerprint density at radius 2 is 1.96 bits per heavy atom. The second-order valence-electron chi connectivity index (χ2n) is 5.24. The van der Waals surface area contributed by atoms with E-state index in [0.717, 1.165) is 12.3 Å². The predicted molar refractivity (Wildman–Crippen MR) is 96.1 cm³/mol. The van der Waals surface area contributed by atoms with E-state index in [1.165, 1.54) is 18.2 Å². The van der Waals surface area contributed by atoms with Crippen LogP contribution in [0.25, 0.3) is 0 Å². The van der Waals surface area contributed by atoms with Gasteiger partial charge in [-0.25, -0.2) is 8.42 Å². The SMILES string of the molecule is CS(=O)(=O)c1cccc(NCC(O)c2ccc(Cl)cc2Cl)c1[N+](=O)[O-]. The maximum absolute atomic E-state index is 11.7. The largest absolute Gasteiger partial charge is 0.387 e. The molecule has 0 aliphatic rings. The topological polar surface area (TPSA) is 110 Å². The third-order valence-corrected chi connectivity index (χ3v) is 5.08. The van der Waals surface area contributed by atoms with E-state index in [1.807, 2.05) is 0 Å². The molecule has 10 heteroatoms. The summed E-state index contributed by atoms with van der Waals surface area (Å²) >= 11 is 11.8. The number of nitrogens with zero attached hydrogens (tertiary/aromatic N) is 1. The van der Waals surface area contributed by atoms with Crippen LogP contribution in [0.3, 0.4) is 0 Å². The first kappa shape index (κ1) is 19.5. The highest BCUT2D eigenvalue weighted by atomic mass is 35.5. The number of hydrogen-bond donors (Lipinski definition) is 2. The van der Waals surface area contributed by atoms with Gasteiger partial charge in [-0.1, -0.05) is 35.3 Å². The summed E-state index contributed by atoms with van der Waals surface area (Å²) in [5, 5.41) is 24.9. The van der Waals surface area contributed by atoms with Crippen LogP contribution >= 0.6 is 23.2 Å². The lowest BCUT2D eigenvalue weighted by molar-refractivity contribution is -0.386. The van der Waals surface area contributed by atoms with Crippen LogP contribution in [0.4, 0.5) is 11.4 Å². The number of rotatable bonds is 6. The molecule has 134 valence electrons. The molecular weight excluding hydrogens is 391 g/mol. The second-order valence-corrected chi connectivity index (χ2v) is 8.07. The molecule has 0 heterocycles. The fraction of sp³-hybridized carbons (Fsp3) is 0.200. The van der Waals surface area contributed by atoms with E-state index < -0.39 is 31.4 Å². The van der Waals surface area contributed by atoms with E-state index in [4.69, 9.17) is 23.2 Å². The summed E-state index contributed by atoms with van der Waals surface area (Å²) in [4.78, 5) is 10.1. The Labute approximate surface area is 154 Å². The number of halogens is 2. The van der Waals surface area contributed by atoms with Gasteiger partial charge in [0.1, 0.15) is 10.6 Å². The summed E-state index contributed by atoms with van der Waals surface area (Å²) < 4.78 is 23.5. The number of nitro groups is 1. The number of benzene rings is 2. The van der Waals surface area contributed by atoms with Crippen molar-refractivity contribution in [2.45, 2.75) is 11.0 Å². The third kappa shape index (κ3) is 4.60. The first-order valence-electron chi connectivity index (χ1n) is 6.95. The maximum atomic E-state index is 11.7. The fourth-order valence-electron chi connectivity index (χ4n) is 2.24. The molecule has 2 aromatic rings. The van der Waals surface area contributed by atoms with Gasteiger partial charge >= 0.3 is 5.69 Å². The normalized spacial score (nSPS) is 12.6. The van der Waals surface area contributed by atoms with Crippen LogP contribution in [0.15, 0.2) is 41.3 Å². The Kier molecular flexibility index (Phi) is 5.89. The fourth-order valence-corrected chi connectivity index (χ4v) is 3.64. The third-order valence-electron chi connectivity index (χ3n) is 3.39. The van der Waals surface area contributed by atoms with Crippen LogP contribution in [0.1, 0.15) is 11.7 Å². The molecular formula is C15H14Cl2N2O5S. The monoisotopic (exact) mass is 404 g/mol. The molecule has 2 N–H and O–H groups in total. The van der Waals surface area contributed by atoms with E-state index in [-0.39, 0.29) is 17.3 Å². The van der Waals surface area contributed by atoms with Crippen LogP contribution in [-0.2, 0) is 9.84 Å². The van der Waals surface area contributed by atoms with Gasteiger partial charge in [0.15, 0.2) is 9.84 Å². The standard InChI is InChI=1S/C15H14Cl2N2O5S/c1-25(23,24)14-4-2-3-12(15(14)19(21)22)18-8-13(20)10-6-5-9(16)7-11(10)17/h2-7,13,18,20H,8H2,1H3. The number of para-hydroxylation sites is 1. The molecule has 0 fully saturated rings. The second kappa shape index (κ2) is 7.57. The van der Waals surface area contributed by atoms with Crippen molar-refractivity contribution in [3.05, 3.63) is 62.1 Å². The van der Waals surface area contributed by atoms with Gasteiger partial charge < -0.3 is 10.4 Å². The molecule has 2 aromatic carbocycles. The van der Waals surface area contributed by atoms with Gasteiger partial charge in [0.25, 0.3) is 0 Å². The molecule has 0 aromatic heterocycles. The van der Waals surface area contributed by atoms with Crippen LogP contribution in [0, 0.1) is 10.1 Å². The van der Waals surface area contributed by atoms with Crippen molar-refractivity contribution in [2.75, 3.05) is 18.1 Å². The Hall–Kier alpha value is -1.87. The first-order valence-corrected chi connectivity index (χ1v) is 9.60. The summed E-state index contributed by atoms with van der Waals surface area (Å²) in [5.74, 6) is 0. The van der Waals surface area contributed by atoms with Crippen molar-refractivity contribution >= 4 is 44.4 Å². The Balaban J connectivity index is 2.30. The van der Waals surface area contributed by atoms with Crippen LogP contribution < -0.4 is 5.32 Å². The summed E-state index contributed by atoms with van der Waals surface area (Å²) in [6.45, 7) is -0.116. The predicted octanol–water partition coefficient (Wildman–Crippen LogP) is 3.45. The van der Waals surface area contributed by atoms with Crippen molar-refractivity contribution in [1.82, 2.24) is 0 Å². The maximum Gasteiger partial charge on any atom is 0.310 e. The van der Waals surface area contributed by atoms with Gasteiger partial charge in [-0.3, -0.25) is 10.1 Å². The minimum absolute atomic E-state index is 0.0166. The lowest BCUT2D eigenvalue weighted by Gasteiger charge is -2.15. The molecule has 0 bridgehead atoms. The zero-order chi connectivity index (χ0) is 18.8. The lowest BCUT2D eigenvalue weighted by atomic mass is 10.1. The van der Waals surface area contributed by atoms with Crippen molar-refractivity contribution in [2.24, 2.45) is 0 Å². The van der Waals surface area contributed by atoms with Gasteiger partial charge in [0.2, 0.25) is 0 Å². The highest BCUT2D eigenvalue weighted by Gasteiger charge is 2.26. The average molecular weight is 405 g/mol. The highest BCUT2D eigenvalue weighted by molar-refractivity contribution is 7.90. The Bertz CT molecular complexity index is 918. The molecule has 2 rings (SSSR count). The molecule has 1 atom stereocenters. The number of hydrogen-bond acceptors (Lipinski definition) is 6. The van der Waals surface area contributed by atoms with Crippen molar-refractivity contribution in [3.8, 4) is 0 Å². The lowest BCUT2D eigenvalue weighted by Crippen LogP contribution is -2.14. The molecule has 25 heavy (non-hydrogen) atoms. The van der Waals surface area contributed by atoms with E-state index in [2.05, 4.69) is 5.32 Å². The number of nitrogens with one attached hydrogen (secondary N) is 1. The summed E-state index contributed by atoms with van der Waals surface area (Å²) in [6, 6.07) is 8.47. The molecule has 0 aliphatic carbocycles. The van der Waals surface area contributed by atoms with Crippen molar-refractivity contribution in [1.29, 1.82) is 0 Å². The van der Waals surface area contributed by atoms with Crippen LogP contribution in [-0.4, -0.2) is 31.2 Å². The van der Waals surface area contributed by atoms with Gasteiger partial charge in [-0.2, -0.15) is 0 Å². The van der Waals surface area contributed by atoms with Crippen LogP contribution in [0.2, 0.25) is 10.0 Å². The highest BCUT2D eigenvalue weighted by Crippen LogP contribution is 2.33. The number of nitro benzene ring substituents is 1.